The van der Waals surface area contributed by atoms with Crippen LogP contribution in [0.5, 0.6) is 0 Å². The third-order valence-electron chi connectivity index (χ3n) is 4.01. The van der Waals surface area contributed by atoms with Crippen LogP contribution in [0.4, 0.5) is 0 Å². The third kappa shape index (κ3) is 2.02. The second kappa shape index (κ2) is 4.48. The van der Waals surface area contributed by atoms with Crippen molar-refractivity contribution in [1.82, 2.24) is 0 Å². The molecule has 3 nitrogen and oxygen atoms in total. The van der Waals surface area contributed by atoms with Crippen molar-refractivity contribution >= 4 is 16.9 Å². The van der Waals surface area contributed by atoms with Crippen LogP contribution >= 0.6 is 0 Å². The Balaban J connectivity index is 1.94. The predicted octanol–water partition coefficient (Wildman–Crippen LogP) is 4.68. The van der Waals surface area contributed by atoms with Gasteiger partial charge in [0.25, 0.3) is 0 Å². The quantitative estimate of drug-likeness (QED) is 0.757. The molecule has 1 saturated carbocycles. The Morgan fingerprint density at radius 3 is 2.48 bits per heavy atom. The Bertz CT molecular complexity index is 826. The van der Waals surface area contributed by atoms with Crippen LogP contribution in [0.1, 0.15) is 34.9 Å². The van der Waals surface area contributed by atoms with Crippen molar-refractivity contribution in [3.8, 4) is 11.1 Å². The molecule has 3 heteroatoms. The van der Waals surface area contributed by atoms with Crippen LogP contribution in [0.3, 0.4) is 0 Å². The number of carboxylic acid groups (broad SMARTS) is 1. The Morgan fingerprint density at radius 2 is 1.81 bits per heavy atom. The Labute approximate surface area is 121 Å². The Hall–Kier alpha value is -2.55. The standard InChI is InChI=1S/C18H14O3/c19-18(20)17-16(12-6-7-12)14-10-13(8-9-15(14)21-17)11-4-2-1-3-5-11/h1-5,8-10,12H,6-7H2,(H,19,20). The summed E-state index contributed by atoms with van der Waals surface area (Å²) in [5.74, 6) is -0.532. The number of fused-ring (bicyclic) bond motifs is 1. The number of carboxylic acids is 1. The summed E-state index contributed by atoms with van der Waals surface area (Å²) in [6.45, 7) is 0. The topological polar surface area (TPSA) is 50.4 Å². The molecule has 4 rings (SSSR count). The average Bonchev–Trinajstić information content (AvgIpc) is 3.27. The van der Waals surface area contributed by atoms with Gasteiger partial charge in [-0.05, 0) is 42.0 Å². The maximum absolute atomic E-state index is 11.4. The normalized spacial score (nSPS) is 14.5. The van der Waals surface area contributed by atoms with Crippen LogP contribution in [0.25, 0.3) is 22.1 Å². The molecule has 3 aromatic rings. The summed E-state index contributed by atoms with van der Waals surface area (Å²) in [5, 5.41) is 10.3. The molecule has 1 fully saturated rings. The second-order valence-corrected chi connectivity index (χ2v) is 5.50. The molecule has 0 saturated heterocycles. The molecule has 0 radical (unpaired) electrons. The molecular formula is C18H14O3. The lowest BCUT2D eigenvalue weighted by atomic mass is 10.0. The molecule has 1 N–H and O–H groups in total. The first-order valence-corrected chi connectivity index (χ1v) is 7.09. The van der Waals surface area contributed by atoms with E-state index < -0.39 is 5.97 Å². The van der Waals surface area contributed by atoms with E-state index in [9.17, 15) is 9.90 Å². The molecule has 0 aliphatic heterocycles. The van der Waals surface area contributed by atoms with Crippen molar-refractivity contribution in [2.24, 2.45) is 0 Å². The summed E-state index contributed by atoms with van der Waals surface area (Å²) in [5.41, 5.74) is 3.74. The summed E-state index contributed by atoms with van der Waals surface area (Å²) in [6, 6.07) is 16.0. The number of rotatable bonds is 3. The first kappa shape index (κ1) is 12.2. The highest BCUT2D eigenvalue weighted by molar-refractivity contribution is 5.97. The molecule has 0 amide bonds. The second-order valence-electron chi connectivity index (χ2n) is 5.50. The fraction of sp³-hybridized carbons (Fsp3) is 0.167. The lowest BCUT2D eigenvalue weighted by Gasteiger charge is -2.02. The highest BCUT2D eigenvalue weighted by Gasteiger charge is 2.33. The van der Waals surface area contributed by atoms with Crippen LogP contribution < -0.4 is 0 Å². The van der Waals surface area contributed by atoms with Gasteiger partial charge in [0.1, 0.15) is 5.58 Å². The molecule has 0 spiro atoms. The van der Waals surface area contributed by atoms with E-state index in [-0.39, 0.29) is 5.76 Å². The fourth-order valence-corrected chi connectivity index (χ4v) is 2.86. The first-order valence-electron chi connectivity index (χ1n) is 7.09. The maximum atomic E-state index is 11.4. The molecule has 21 heavy (non-hydrogen) atoms. The van der Waals surface area contributed by atoms with Crippen molar-refractivity contribution in [2.75, 3.05) is 0 Å². The average molecular weight is 278 g/mol. The maximum Gasteiger partial charge on any atom is 0.372 e. The van der Waals surface area contributed by atoms with E-state index in [0.29, 0.717) is 11.5 Å². The molecule has 1 aromatic heterocycles. The zero-order chi connectivity index (χ0) is 14.4. The van der Waals surface area contributed by atoms with E-state index in [1.807, 2.05) is 36.4 Å². The molecular weight excluding hydrogens is 264 g/mol. The van der Waals surface area contributed by atoms with E-state index in [4.69, 9.17) is 4.42 Å². The number of aromatic carboxylic acids is 1. The van der Waals surface area contributed by atoms with Crippen molar-refractivity contribution < 1.29 is 14.3 Å². The predicted molar refractivity (Wildman–Crippen MR) is 80.6 cm³/mol. The number of benzene rings is 2. The summed E-state index contributed by atoms with van der Waals surface area (Å²) >= 11 is 0. The van der Waals surface area contributed by atoms with Gasteiger partial charge in [0.05, 0.1) is 0 Å². The van der Waals surface area contributed by atoms with Gasteiger partial charge in [0.2, 0.25) is 5.76 Å². The fourth-order valence-electron chi connectivity index (χ4n) is 2.86. The molecule has 1 heterocycles. The van der Waals surface area contributed by atoms with Crippen molar-refractivity contribution in [2.45, 2.75) is 18.8 Å². The zero-order valence-corrected chi connectivity index (χ0v) is 11.4. The van der Waals surface area contributed by atoms with Crippen molar-refractivity contribution in [3.63, 3.8) is 0 Å². The number of hydrogen-bond acceptors (Lipinski definition) is 2. The molecule has 104 valence electrons. The highest BCUT2D eigenvalue weighted by atomic mass is 16.4. The molecule has 0 atom stereocenters. The summed E-state index contributed by atoms with van der Waals surface area (Å²) in [6.07, 6.45) is 2.09. The highest BCUT2D eigenvalue weighted by Crippen LogP contribution is 2.46. The monoisotopic (exact) mass is 278 g/mol. The lowest BCUT2D eigenvalue weighted by Crippen LogP contribution is -1.97. The molecule has 0 bridgehead atoms. The van der Waals surface area contributed by atoms with Crippen molar-refractivity contribution in [3.05, 3.63) is 59.9 Å². The van der Waals surface area contributed by atoms with Gasteiger partial charge in [-0.25, -0.2) is 4.79 Å². The largest absolute Gasteiger partial charge is 0.475 e. The summed E-state index contributed by atoms with van der Waals surface area (Å²) < 4.78 is 5.55. The number of furan rings is 1. The van der Waals surface area contributed by atoms with Gasteiger partial charge < -0.3 is 9.52 Å². The van der Waals surface area contributed by atoms with E-state index >= 15 is 0 Å². The van der Waals surface area contributed by atoms with Gasteiger partial charge in [0, 0.05) is 10.9 Å². The number of hydrogen-bond donors (Lipinski definition) is 1. The molecule has 0 unspecified atom stereocenters. The third-order valence-corrected chi connectivity index (χ3v) is 4.01. The van der Waals surface area contributed by atoms with E-state index in [2.05, 4.69) is 12.1 Å². The van der Waals surface area contributed by atoms with Crippen molar-refractivity contribution in [1.29, 1.82) is 0 Å². The van der Waals surface area contributed by atoms with Crippen LogP contribution in [0.2, 0.25) is 0 Å². The van der Waals surface area contributed by atoms with E-state index in [1.54, 1.807) is 0 Å². The summed E-state index contributed by atoms with van der Waals surface area (Å²) in [4.78, 5) is 11.4. The Morgan fingerprint density at radius 1 is 1.05 bits per heavy atom. The van der Waals surface area contributed by atoms with Gasteiger partial charge >= 0.3 is 5.97 Å². The molecule has 1 aliphatic rings. The minimum atomic E-state index is -0.977. The van der Waals surface area contributed by atoms with Crippen LogP contribution in [-0.2, 0) is 0 Å². The van der Waals surface area contributed by atoms with Gasteiger partial charge in [-0.15, -0.1) is 0 Å². The zero-order valence-electron chi connectivity index (χ0n) is 11.4. The first-order chi connectivity index (χ1) is 10.2. The minimum Gasteiger partial charge on any atom is -0.475 e. The van der Waals surface area contributed by atoms with Gasteiger partial charge in [-0.2, -0.15) is 0 Å². The smallest absolute Gasteiger partial charge is 0.372 e. The lowest BCUT2D eigenvalue weighted by molar-refractivity contribution is 0.0663. The molecule has 2 aromatic carbocycles. The van der Waals surface area contributed by atoms with Gasteiger partial charge in [-0.1, -0.05) is 36.4 Å². The van der Waals surface area contributed by atoms with Crippen LogP contribution in [-0.4, -0.2) is 11.1 Å². The van der Waals surface area contributed by atoms with E-state index in [1.165, 1.54) is 0 Å². The van der Waals surface area contributed by atoms with Gasteiger partial charge in [0.15, 0.2) is 0 Å². The minimum absolute atomic E-state index is 0.109. The van der Waals surface area contributed by atoms with Crippen LogP contribution in [0.15, 0.2) is 52.9 Å². The number of carbonyl (C=O) groups is 1. The molecule has 1 aliphatic carbocycles. The van der Waals surface area contributed by atoms with E-state index in [0.717, 1.165) is 34.9 Å². The SMILES string of the molecule is O=C(O)c1oc2ccc(-c3ccccc3)cc2c1C1CC1. The summed E-state index contributed by atoms with van der Waals surface area (Å²) in [7, 11) is 0. The Kier molecular flexibility index (Phi) is 2.61. The van der Waals surface area contributed by atoms with Crippen LogP contribution in [0, 0.1) is 0 Å². The van der Waals surface area contributed by atoms with Gasteiger partial charge in [-0.3, -0.25) is 0 Å².